The van der Waals surface area contributed by atoms with Crippen LogP contribution in [0.1, 0.15) is 5.56 Å². The first-order valence-corrected chi connectivity index (χ1v) is 5.21. The van der Waals surface area contributed by atoms with E-state index in [1.807, 2.05) is 32.2 Å². The number of halogens is 1. The first kappa shape index (κ1) is 12.1. The smallest absolute Gasteiger partial charge is 0.120 e. The minimum Gasteiger partial charge on any atom is -0.489 e. The molecule has 0 fully saturated rings. The van der Waals surface area contributed by atoms with Crippen molar-refractivity contribution in [2.45, 2.75) is 6.92 Å². The number of hydrogen-bond donors (Lipinski definition) is 1. The highest BCUT2D eigenvalue weighted by Gasteiger charge is 1.99. The molecule has 0 atom stereocenters. The van der Waals surface area contributed by atoms with Gasteiger partial charge in [0.1, 0.15) is 12.4 Å². The number of ether oxygens (including phenoxy) is 1. The van der Waals surface area contributed by atoms with Crippen molar-refractivity contribution >= 4 is 11.6 Å². The Morgan fingerprint density at radius 3 is 2.87 bits per heavy atom. The quantitative estimate of drug-likeness (QED) is 0.779. The zero-order valence-corrected chi connectivity index (χ0v) is 9.90. The molecule has 2 nitrogen and oxygen atoms in total. The van der Waals surface area contributed by atoms with Gasteiger partial charge >= 0.3 is 0 Å². The van der Waals surface area contributed by atoms with Crippen LogP contribution in [-0.2, 0) is 0 Å². The predicted molar refractivity (Wildman–Crippen MR) is 64.8 cm³/mol. The first-order chi connectivity index (χ1) is 7.13. The van der Waals surface area contributed by atoms with Crippen LogP contribution in [0, 0.1) is 6.92 Å². The molecule has 0 aliphatic heterocycles. The molecule has 0 aliphatic carbocycles. The van der Waals surface area contributed by atoms with Crippen molar-refractivity contribution in [3.05, 3.63) is 40.9 Å². The van der Waals surface area contributed by atoms with Crippen molar-refractivity contribution in [1.29, 1.82) is 0 Å². The molecule has 1 rings (SSSR count). The van der Waals surface area contributed by atoms with E-state index in [1.165, 1.54) is 0 Å². The van der Waals surface area contributed by atoms with E-state index in [0.717, 1.165) is 28.5 Å². The summed E-state index contributed by atoms with van der Waals surface area (Å²) in [6.07, 6.45) is 0. The molecule has 0 radical (unpaired) electrons. The largest absolute Gasteiger partial charge is 0.489 e. The summed E-state index contributed by atoms with van der Waals surface area (Å²) in [7, 11) is 1.89. The maximum atomic E-state index is 5.91. The number of aryl methyl sites for hydroxylation is 1. The SMILES string of the molecule is C=C(CNC)COc1ccc(Cl)c(C)c1. The van der Waals surface area contributed by atoms with Crippen molar-refractivity contribution in [2.75, 3.05) is 20.2 Å². The van der Waals surface area contributed by atoms with E-state index in [4.69, 9.17) is 16.3 Å². The fourth-order valence-corrected chi connectivity index (χ4v) is 1.31. The fourth-order valence-electron chi connectivity index (χ4n) is 1.19. The number of benzene rings is 1. The van der Waals surface area contributed by atoms with Gasteiger partial charge in [0.15, 0.2) is 0 Å². The van der Waals surface area contributed by atoms with Gasteiger partial charge in [0.25, 0.3) is 0 Å². The summed E-state index contributed by atoms with van der Waals surface area (Å²) in [4.78, 5) is 0. The molecular formula is C12H16ClNO. The molecule has 1 aromatic rings. The topological polar surface area (TPSA) is 21.3 Å². The van der Waals surface area contributed by atoms with E-state index in [-0.39, 0.29) is 0 Å². The van der Waals surface area contributed by atoms with Crippen molar-refractivity contribution in [3.63, 3.8) is 0 Å². The molecule has 15 heavy (non-hydrogen) atoms. The second-order valence-electron chi connectivity index (χ2n) is 3.48. The molecule has 1 N–H and O–H groups in total. The van der Waals surface area contributed by atoms with Gasteiger partial charge in [-0.25, -0.2) is 0 Å². The van der Waals surface area contributed by atoms with E-state index in [2.05, 4.69) is 11.9 Å². The monoisotopic (exact) mass is 225 g/mol. The molecule has 0 bridgehead atoms. The van der Waals surface area contributed by atoms with Gasteiger partial charge < -0.3 is 10.1 Å². The summed E-state index contributed by atoms with van der Waals surface area (Å²) in [5.74, 6) is 0.828. The fraction of sp³-hybridized carbons (Fsp3) is 0.333. The van der Waals surface area contributed by atoms with Crippen molar-refractivity contribution < 1.29 is 4.74 Å². The van der Waals surface area contributed by atoms with Gasteiger partial charge in [-0.05, 0) is 43.3 Å². The molecule has 1 aromatic carbocycles. The summed E-state index contributed by atoms with van der Waals surface area (Å²) < 4.78 is 5.56. The lowest BCUT2D eigenvalue weighted by atomic mass is 10.2. The van der Waals surface area contributed by atoms with Crippen LogP contribution in [0.15, 0.2) is 30.4 Å². The van der Waals surface area contributed by atoms with E-state index >= 15 is 0 Å². The average molecular weight is 226 g/mol. The van der Waals surface area contributed by atoms with Crippen molar-refractivity contribution in [3.8, 4) is 5.75 Å². The van der Waals surface area contributed by atoms with Gasteiger partial charge in [-0.3, -0.25) is 0 Å². The van der Waals surface area contributed by atoms with E-state index in [9.17, 15) is 0 Å². The Bertz CT molecular complexity index is 349. The lowest BCUT2D eigenvalue weighted by molar-refractivity contribution is 0.349. The molecule has 0 aliphatic rings. The standard InChI is InChI=1S/C12H16ClNO/c1-9(7-14-3)8-15-11-4-5-12(13)10(2)6-11/h4-6,14H,1,7-8H2,2-3H3. The highest BCUT2D eigenvalue weighted by Crippen LogP contribution is 2.21. The zero-order chi connectivity index (χ0) is 11.3. The predicted octanol–water partition coefficient (Wildman–Crippen LogP) is 2.80. The van der Waals surface area contributed by atoms with Gasteiger partial charge in [-0.15, -0.1) is 0 Å². The lowest BCUT2D eigenvalue weighted by Gasteiger charge is -2.09. The number of nitrogens with one attached hydrogen (secondary N) is 1. The molecule has 0 saturated heterocycles. The number of hydrogen-bond acceptors (Lipinski definition) is 2. The maximum absolute atomic E-state index is 5.91. The van der Waals surface area contributed by atoms with Crippen LogP contribution in [0.5, 0.6) is 5.75 Å². The molecular weight excluding hydrogens is 210 g/mol. The van der Waals surface area contributed by atoms with Gasteiger partial charge in [-0.2, -0.15) is 0 Å². The van der Waals surface area contributed by atoms with Crippen LogP contribution in [-0.4, -0.2) is 20.2 Å². The average Bonchev–Trinajstić information content (AvgIpc) is 2.20. The van der Waals surface area contributed by atoms with Crippen LogP contribution in [0.3, 0.4) is 0 Å². The summed E-state index contributed by atoms with van der Waals surface area (Å²) >= 11 is 5.91. The Hall–Kier alpha value is -0.990. The second kappa shape index (κ2) is 5.79. The Balaban J connectivity index is 2.51. The van der Waals surface area contributed by atoms with E-state index in [1.54, 1.807) is 0 Å². The Labute approximate surface area is 95.9 Å². The minimum atomic E-state index is 0.530. The van der Waals surface area contributed by atoms with Crippen LogP contribution in [0.2, 0.25) is 5.02 Å². The Morgan fingerprint density at radius 1 is 1.53 bits per heavy atom. The first-order valence-electron chi connectivity index (χ1n) is 4.83. The van der Waals surface area contributed by atoms with Gasteiger partial charge in [0.05, 0.1) is 0 Å². The number of rotatable bonds is 5. The molecule has 0 spiro atoms. The third-order valence-corrected chi connectivity index (χ3v) is 2.42. The normalized spacial score (nSPS) is 10.1. The Kier molecular flexibility index (Phi) is 4.66. The maximum Gasteiger partial charge on any atom is 0.120 e. The zero-order valence-electron chi connectivity index (χ0n) is 9.14. The Morgan fingerprint density at radius 2 is 2.27 bits per heavy atom. The van der Waals surface area contributed by atoms with Crippen LogP contribution >= 0.6 is 11.6 Å². The summed E-state index contributed by atoms with van der Waals surface area (Å²) in [5, 5.41) is 3.78. The van der Waals surface area contributed by atoms with E-state index < -0.39 is 0 Å². The molecule has 82 valence electrons. The van der Waals surface area contributed by atoms with Crippen molar-refractivity contribution in [1.82, 2.24) is 5.32 Å². The third-order valence-electron chi connectivity index (χ3n) is 2.00. The van der Waals surface area contributed by atoms with Gasteiger partial charge in [-0.1, -0.05) is 18.2 Å². The third kappa shape index (κ3) is 3.94. The van der Waals surface area contributed by atoms with Gasteiger partial charge in [0.2, 0.25) is 0 Å². The lowest BCUT2D eigenvalue weighted by Crippen LogP contribution is -2.14. The molecule has 0 unspecified atom stereocenters. The summed E-state index contributed by atoms with van der Waals surface area (Å²) in [5.41, 5.74) is 2.04. The minimum absolute atomic E-state index is 0.530. The van der Waals surface area contributed by atoms with Crippen LogP contribution < -0.4 is 10.1 Å². The second-order valence-corrected chi connectivity index (χ2v) is 3.89. The molecule has 0 aromatic heterocycles. The molecule has 0 heterocycles. The van der Waals surface area contributed by atoms with E-state index in [0.29, 0.717) is 6.61 Å². The molecule has 0 amide bonds. The number of likely N-dealkylation sites (N-methyl/N-ethyl adjacent to an activating group) is 1. The van der Waals surface area contributed by atoms with Crippen LogP contribution in [0.4, 0.5) is 0 Å². The summed E-state index contributed by atoms with van der Waals surface area (Å²) in [6.45, 7) is 7.14. The molecule has 3 heteroatoms. The van der Waals surface area contributed by atoms with Crippen LogP contribution in [0.25, 0.3) is 0 Å². The summed E-state index contributed by atoms with van der Waals surface area (Å²) in [6, 6.07) is 5.63. The highest BCUT2D eigenvalue weighted by molar-refractivity contribution is 6.31. The molecule has 0 saturated carbocycles. The van der Waals surface area contributed by atoms with Gasteiger partial charge in [0, 0.05) is 11.6 Å². The van der Waals surface area contributed by atoms with Crippen molar-refractivity contribution in [2.24, 2.45) is 0 Å². The highest BCUT2D eigenvalue weighted by atomic mass is 35.5.